The van der Waals surface area contributed by atoms with E-state index < -0.39 is 6.10 Å². The molecule has 0 saturated heterocycles. The minimum atomic E-state index is -0.390. The van der Waals surface area contributed by atoms with Crippen LogP contribution >= 0.6 is 0 Å². The Bertz CT molecular complexity index is 212. The highest BCUT2D eigenvalue weighted by Gasteiger charge is 2.16. The number of amides is 1. The van der Waals surface area contributed by atoms with Crippen LogP contribution in [0.2, 0.25) is 0 Å². The lowest BCUT2D eigenvalue weighted by Crippen LogP contribution is -2.38. The van der Waals surface area contributed by atoms with Crippen molar-refractivity contribution in [1.29, 1.82) is 0 Å². The number of aliphatic hydroxyl groups excluding tert-OH is 1. The summed E-state index contributed by atoms with van der Waals surface area (Å²) >= 11 is 0. The normalized spacial score (nSPS) is 13.5. The van der Waals surface area contributed by atoms with Crippen molar-refractivity contribution in [2.24, 2.45) is 5.41 Å². The molecule has 0 aromatic carbocycles. The van der Waals surface area contributed by atoms with Gasteiger partial charge in [-0.15, -0.1) is 0 Å². The van der Waals surface area contributed by atoms with Crippen LogP contribution in [-0.4, -0.2) is 36.8 Å². The van der Waals surface area contributed by atoms with E-state index in [2.05, 4.69) is 38.3 Å². The zero-order valence-corrected chi connectivity index (χ0v) is 11.7. The van der Waals surface area contributed by atoms with E-state index in [1.807, 2.05) is 0 Å². The third-order valence-corrected chi connectivity index (χ3v) is 2.37. The van der Waals surface area contributed by atoms with E-state index in [9.17, 15) is 9.90 Å². The molecule has 0 rings (SSSR count). The summed E-state index contributed by atoms with van der Waals surface area (Å²) in [7, 11) is 0. The van der Waals surface area contributed by atoms with Crippen molar-refractivity contribution < 1.29 is 9.90 Å². The summed E-state index contributed by atoms with van der Waals surface area (Å²) in [4.78, 5) is 11.3. The largest absolute Gasteiger partial charge is 0.392 e. The Labute approximate surface area is 105 Å². The molecule has 4 heteroatoms. The fraction of sp³-hybridized carbons (Fsp3) is 0.923. The molecule has 0 aromatic rings. The molecule has 0 heterocycles. The second-order valence-electron chi connectivity index (χ2n) is 5.75. The molecular formula is C13H28N2O2. The van der Waals surface area contributed by atoms with Crippen LogP contribution in [0.15, 0.2) is 0 Å². The van der Waals surface area contributed by atoms with Crippen LogP contribution in [0.3, 0.4) is 0 Å². The molecule has 17 heavy (non-hydrogen) atoms. The van der Waals surface area contributed by atoms with Gasteiger partial charge in [0.2, 0.25) is 5.91 Å². The van der Waals surface area contributed by atoms with Gasteiger partial charge in [0, 0.05) is 13.1 Å². The summed E-state index contributed by atoms with van der Waals surface area (Å²) in [6.45, 7) is 9.85. The molecular weight excluding hydrogens is 216 g/mol. The topological polar surface area (TPSA) is 61.4 Å². The number of unbranched alkanes of at least 4 members (excludes halogenated alkanes) is 1. The standard InChI is InChI=1S/C13H28N2O2/c1-5-6-7-15-12(17)10-14-9-11(16)8-13(2,3)4/h11,14,16H,5-10H2,1-4H3,(H,15,17). The zero-order chi connectivity index (χ0) is 13.3. The maximum absolute atomic E-state index is 11.3. The molecule has 1 unspecified atom stereocenters. The lowest BCUT2D eigenvalue weighted by molar-refractivity contribution is -0.120. The minimum absolute atomic E-state index is 0.00130. The molecule has 4 nitrogen and oxygen atoms in total. The maximum atomic E-state index is 11.3. The van der Waals surface area contributed by atoms with Crippen molar-refractivity contribution in [3.05, 3.63) is 0 Å². The van der Waals surface area contributed by atoms with Gasteiger partial charge in [0.1, 0.15) is 0 Å². The van der Waals surface area contributed by atoms with E-state index in [1.54, 1.807) is 0 Å². The second kappa shape index (κ2) is 8.48. The highest BCUT2D eigenvalue weighted by atomic mass is 16.3. The molecule has 0 saturated carbocycles. The number of rotatable bonds is 8. The Kier molecular flexibility index (Phi) is 8.17. The summed E-state index contributed by atoms with van der Waals surface area (Å²) in [6.07, 6.45) is 2.44. The number of nitrogens with one attached hydrogen (secondary N) is 2. The third-order valence-electron chi connectivity index (χ3n) is 2.37. The van der Waals surface area contributed by atoms with E-state index in [0.717, 1.165) is 25.8 Å². The van der Waals surface area contributed by atoms with Crippen LogP contribution in [0.25, 0.3) is 0 Å². The summed E-state index contributed by atoms with van der Waals surface area (Å²) in [5.41, 5.74) is 0.116. The van der Waals surface area contributed by atoms with Crippen LogP contribution in [0.5, 0.6) is 0 Å². The number of aliphatic hydroxyl groups is 1. The molecule has 0 aromatic heterocycles. The van der Waals surface area contributed by atoms with Crippen molar-refractivity contribution in [3.8, 4) is 0 Å². The third kappa shape index (κ3) is 11.6. The molecule has 0 aliphatic heterocycles. The van der Waals surface area contributed by atoms with Crippen LogP contribution < -0.4 is 10.6 Å². The molecule has 102 valence electrons. The summed E-state index contributed by atoms with van der Waals surface area (Å²) < 4.78 is 0. The lowest BCUT2D eigenvalue weighted by atomic mass is 9.89. The van der Waals surface area contributed by atoms with Gasteiger partial charge >= 0.3 is 0 Å². The van der Waals surface area contributed by atoms with Crippen molar-refractivity contribution in [2.75, 3.05) is 19.6 Å². The van der Waals surface area contributed by atoms with Gasteiger partial charge in [0.05, 0.1) is 12.6 Å². The summed E-state index contributed by atoms with van der Waals surface area (Å²) in [5.74, 6) is 0.00130. The SMILES string of the molecule is CCCCNC(=O)CNCC(O)CC(C)(C)C. The Morgan fingerprint density at radius 3 is 2.53 bits per heavy atom. The average Bonchev–Trinajstić information content (AvgIpc) is 2.15. The lowest BCUT2D eigenvalue weighted by Gasteiger charge is -2.22. The van der Waals surface area contributed by atoms with Gasteiger partial charge in [-0.2, -0.15) is 0 Å². The smallest absolute Gasteiger partial charge is 0.233 e. The van der Waals surface area contributed by atoms with Gasteiger partial charge in [-0.05, 0) is 18.3 Å². The number of carbonyl (C=O) groups excluding carboxylic acids is 1. The molecule has 0 bridgehead atoms. The average molecular weight is 244 g/mol. The van der Waals surface area contributed by atoms with Crippen molar-refractivity contribution in [2.45, 2.75) is 53.1 Å². The van der Waals surface area contributed by atoms with E-state index in [-0.39, 0.29) is 17.9 Å². The van der Waals surface area contributed by atoms with Crippen LogP contribution in [0.4, 0.5) is 0 Å². The Morgan fingerprint density at radius 2 is 2.00 bits per heavy atom. The Balaban J connectivity index is 3.52. The van der Waals surface area contributed by atoms with E-state index in [0.29, 0.717) is 6.54 Å². The molecule has 0 aliphatic carbocycles. The highest BCUT2D eigenvalue weighted by molar-refractivity contribution is 5.77. The van der Waals surface area contributed by atoms with Crippen molar-refractivity contribution in [1.82, 2.24) is 10.6 Å². The van der Waals surface area contributed by atoms with Crippen LogP contribution in [-0.2, 0) is 4.79 Å². The van der Waals surface area contributed by atoms with E-state index in [1.165, 1.54) is 0 Å². The first-order valence-electron chi connectivity index (χ1n) is 6.50. The summed E-state index contributed by atoms with van der Waals surface area (Å²) in [5, 5.41) is 15.5. The second-order valence-corrected chi connectivity index (χ2v) is 5.75. The number of carbonyl (C=O) groups is 1. The fourth-order valence-corrected chi connectivity index (χ4v) is 1.60. The number of hydrogen-bond donors (Lipinski definition) is 3. The molecule has 0 spiro atoms. The van der Waals surface area contributed by atoms with Gasteiger partial charge in [-0.25, -0.2) is 0 Å². The maximum Gasteiger partial charge on any atom is 0.233 e. The molecule has 3 N–H and O–H groups in total. The molecule has 1 amide bonds. The first-order valence-corrected chi connectivity index (χ1v) is 6.50. The number of hydrogen-bond acceptors (Lipinski definition) is 3. The molecule has 1 atom stereocenters. The van der Waals surface area contributed by atoms with Gasteiger partial charge < -0.3 is 15.7 Å². The first kappa shape index (κ1) is 16.4. The summed E-state index contributed by atoms with van der Waals surface area (Å²) in [6, 6.07) is 0. The van der Waals surface area contributed by atoms with Gasteiger partial charge in [-0.3, -0.25) is 4.79 Å². The van der Waals surface area contributed by atoms with E-state index >= 15 is 0 Å². The van der Waals surface area contributed by atoms with Crippen molar-refractivity contribution >= 4 is 5.91 Å². The van der Waals surface area contributed by atoms with Crippen LogP contribution in [0, 0.1) is 5.41 Å². The molecule has 0 fully saturated rings. The fourth-order valence-electron chi connectivity index (χ4n) is 1.60. The molecule has 0 radical (unpaired) electrons. The molecule has 0 aliphatic rings. The zero-order valence-electron chi connectivity index (χ0n) is 11.7. The predicted octanol–water partition coefficient (Wildman–Crippen LogP) is 1.29. The first-order chi connectivity index (χ1) is 7.85. The van der Waals surface area contributed by atoms with Crippen LogP contribution in [0.1, 0.15) is 47.0 Å². The van der Waals surface area contributed by atoms with Gasteiger partial charge in [-0.1, -0.05) is 34.1 Å². The highest BCUT2D eigenvalue weighted by Crippen LogP contribution is 2.20. The Morgan fingerprint density at radius 1 is 1.35 bits per heavy atom. The quantitative estimate of drug-likeness (QED) is 0.564. The van der Waals surface area contributed by atoms with Crippen molar-refractivity contribution in [3.63, 3.8) is 0 Å². The van der Waals surface area contributed by atoms with E-state index in [4.69, 9.17) is 0 Å². The van der Waals surface area contributed by atoms with Gasteiger partial charge in [0.25, 0.3) is 0 Å². The monoisotopic (exact) mass is 244 g/mol. The Hall–Kier alpha value is -0.610. The van der Waals surface area contributed by atoms with Gasteiger partial charge in [0.15, 0.2) is 0 Å². The minimum Gasteiger partial charge on any atom is -0.392 e. The predicted molar refractivity (Wildman–Crippen MR) is 70.9 cm³/mol.